The van der Waals surface area contributed by atoms with Crippen LogP contribution in [0.2, 0.25) is 0 Å². The van der Waals surface area contributed by atoms with E-state index in [4.69, 9.17) is 5.11 Å². The third-order valence-corrected chi connectivity index (χ3v) is 2.62. The number of hydrogen-bond donors (Lipinski definition) is 2. The zero-order valence-electron chi connectivity index (χ0n) is 10.5. The van der Waals surface area contributed by atoms with E-state index >= 15 is 0 Å². The van der Waals surface area contributed by atoms with Gasteiger partial charge in [0.2, 0.25) is 0 Å². The molecule has 1 rings (SSSR count). The summed E-state index contributed by atoms with van der Waals surface area (Å²) in [4.78, 5) is 22.6. The van der Waals surface area contributed by atoms with Crippen molar-refractivity contribution in [2.45, 2.75) is 33.7 Å². The van der Waals surface area contributed by atoms with Gasteiger partial charge in [-0.3, -0.25) is 9.59 Å². The van der Waals surface area contributed by atoms with Crippen LogP contribution in [0, 0.1) is 20.8 Å². The zero-order chi connectivity index (χ0) is 13.2. The largest absolute Gasteiger partial charge is 0.480 e. The fraction of sp³-hybridized carbons (Fsp3) is 0.385. The quantitative estimate of drug-likeness (QED) is 0.839. The van der Waals surface area contributed by atoms with Gasteiger partial charge in [0.25, 0.3) is 5.91 Å². The molecule has 0 bridgehead atoms. The van der Waals surface area contributed by atoms with E-state index in [1.165, 1.54) is 6.92 Å². The Morgan fingerprint density at radius 1 is 1.18 bits per heavy atom. The van der Waals surface area contributed by atoms with Crippen molar-refractivity contribution in [2.75, 3.05) is 0 Å². The van der Waals surface area contributed by atoms with Gasteiger partial charge in [0, 0.05) is 5.56 Å². The summed E-state index contributed by atoms with van der Waals surface area (Å²) in [6.45, 7) is 7.10. The van der Waals surface area contributed by atoms with Gasteiger partial charge in [0.1, 0.15) is 6.04 Å². The number of rotatable bonds is 3. The van der Waals surface area contributed by atoms with Gasteiger partial charge >= 0.3 is 5.97 Å². The van der Waals surface area contributed by atoms with E-state index in [-0.39, 0.29) is 5.91 Å². The van der Waals surface area contributed by atoms with Gasteiger partial charge in [-0.2, -0.15) is 0 Å². The van der Waals surface area contributed by atoms with E-state index in [1.807, 2.05) is 32.9 Å². The average Bonchev–Trinajstić information content (AvgIpc) is 2.15. The van der Waals surface area contributed by atoms with Gasteiger partial charge in [-0.25, -0.2) is 0 Å². The third kappa shape index (κ3) is 3.06. The molecule has 1 atom stereocenters. The predicted molar refractivity (Wildman–Crippen MR) is 65.2 cm³/mol. The van der Waals surface area contributed by atoms with Crippen molar-refractivity contribution < 1.29 is 14.7 Å². The third-order valence-electron chi connectivity index (χ3n) is 2.62. The minimum atomic E-state index is -1.04. The first kappa shape index (κ1) is 13.2. The first-order chi connectivity index (χ1) is 7.82. The number of carboxylic acids is 1. The Balaban J connectivity index is 3.01. The molecular formula is C13H17NO3. The molecule has 0 aliphatic carbocycles. The van der Waals surface area contributed by atoms with Crippen LogP contribution in [-0.4, -0.2) is 23.0 Å². The highest BCUT2D eigenvalue weighted by Gasteiger charge is 2.18. The fourth-order valence-corrected chi connectivity index (χ4v) is 1.87. The molecular weight excluding hydrogens is 218 g/mol. The lowest BCUT2D eigenvalue weighted by molar-refractivity contribution is -0.138. The first-order valence-electron chi connectivity index (χ1n) is 5.44. The normalized spacial score (nSPS) is 12.0. The summed E-state index contributed by atoms with van der Waals surface area (Å²) in [6, 6.07) is 2.93. The summed E-state index contributed by atoms with van der Waals surface area (Å²) in [6.07, 6.45) is 0. The molecule has 0 spiro atoms. The smallest absolute Gasteiger partial charge is 0.325 e. The standard InChI is InChI=1S/C13H17NO3/c1-7-5-8(2)11(9(3)6-7)12(15)14-10(4)13(16)17/h5-6,10H,1-4H3,(H,14,15)(H,16,17)/t10-/m0/s1. The van der Waals surface area contributed by atoms with Crippen LogP contribution in [0.5, 0.6) is 0 Å². The molecule has 0 heterocycles. The minimum Gasteiger partial charge on any atom is -0.480 e. The molecule has 0 aliphatic rings. The Morgan fingerprint density at radius 2 is 1.65 bits per heavy atom. The lowest BCUT2D eigenvalue weighted by Crippen LogP contribution is -2.38. The zero-order valence-corrected chi connectivity index (χ0v) is 10.5. The van der Waals surface area contributed by atoms with Crippen LogP contribution in [-0.2, 0) is 4.79 Å². The van der Waals surface area contributed by atoms with Gasteiger partial charge in [-0.05, 0) is 38.8 Å². The predicted octanol–water partition coefficient (Wildman–Crippen LogP) is 1.81. The monoisotopic (exact) mass is 235 g/mol. The summed E-state index contributed by atoms with van der Waals surface area (Å²) in [7, 11) is 0. The molecule has 1 amide bonds. The maximum absolute atomic E-state index is 11.9. The van der Waals surface area contributed by atoms with Gasteiger partial charge in [0.05, 0.1) is 0 Å². The summed E-state index contributed by atoms with van der Waals surface area (Å²) in [5, 5.41) is 11.2. The second-order valence-corrected chi connectivity index (χ2v) is 4.31. The van der Waals surface area contributed by atoms with Crippen molar-refractivity contribution in [3.05, 3.63) is 34.4 Å². The molecule has 4 heteroatoms. The molecule has 0 saturated carbocycles. The lowest BCUT2D eigenvalue weighted by Gasteiger charge is -2.13. The van der Waals surface area contributed by atoms with Crippen LogP contribution in [0.4, 0.5) is 0 Å². The Bertz CT molecular complexity index is 443. The van der Waals surface area contributed by atoms with E-state index in [9.17, 15) is 9.59 Å². The molecule has 92 valence electrons. The number of aryl methyl sites for hydroxylation is 3. The molecule has 0 saturated heterocycles. The van der Waals surface area contributed by atoms with Crippen molar-refractivity contribution in [1.29, 1.82) is 0 Å². The van der Waals surface area contributed by atoms with Crippen LogP contribution in [0.3, 0.4) is 0 Å². The number of carbonyl (C=O) groups excluding carboxylic acids is 1. The van der Waals surface area contributed by atoms with E-state index in [1.54, 1.807) is 0 Å². The number of benzene rings is 1. The maximum atomic E-state index is 11.9. The van der Waals surface area contributed by atoms with Crippen molar-refractivity contribution in [3.8, 4) is 0 Å². The van der Waals surface area contributed by atoms with Crippen LogP contribution in [0.1, 0.15) is 34.0 Å². The lowest BCUT2D eigenvalue weighted by atomic mass is 9.99. The van der Waals surface area contributed by atoms with E-state index in [0.717, 1.165) is 16.7 Å². The molecule has 0 unspecified atom stereocenters. The number of carboxylic acid groups (broad SMARTS) is 1. The molecule has 1 aromatic carbocycles. The van der Waals surface area contributed by atoms with E-state index in [0.29, 0.717) is 5.56 Å². The van der Waals surface area contributed by atoms with Crippen molar-refractivity contribution in [1.82, 2.24) is 5.32 Å². The van der Waals surface area contributed by atoms with Gasteiger partial charge in [0.15, 0.2) is 0 Å². The molecule has 0 radical (unpaired) electrons. The van der Waals surface area contributed by atoms with Crippen molar-refractivity contribution in [3.63, 3.8) is 0 Å². The van der Waals surface area contributed by atoms with Crippen molar-refractivity contribution >= 4 is 11.9 Å². The second-order valence-electron chi connectivity index (χ2n) is 4.31. The van der Waals surface area contributed by atoms with Gasteiger partial charge < -0.3 is 10.4 Å². The molecule has 4 nitrogen and oxygen atoms in total. The van der Waals surface area contributed by atoms with Crippen LogP contribution in [0.25, 0.3) is 0 Å². The highest BCUT2D eigenvalue weighted by molar-refractivity contribution is 5.99. The Kier molecular flexibility index (Phi) is 3.89. The average molecular weight is 235 g/mol. The second kappa shape index (κ2) is 4.99. The minimum absolute atomic E-state index is 0.338. The number of nitrogens with one attached hydrogen (secondary N) is 1. The summed E-state index contributed by atoms with van der Waals surface area (Å²) < 4.78 is 0. The molecule has 0 aliphatic heterocycles. The summed E-state index contributed by atoms with van der Waals surface area (Å²) in [5.74, 6) is -1.38. The summed E-state index contributed by atoms with van der Waals surface area (Å²) in [5.41, 5.74) is 3.36. The van der Waals surface area contributed by atoms with Crippen LogP contribution in [0.15, 0.2) is 12.1 Å². The van der Waals surface area contributed by atoms with Crippen LogP contribution >= 0.6 is 0 Å². The molecule has 2 N–H and O–H groups in total. The fourth-order valence-electron chi connectivity index (χ4n) is 1.87. The SMILES string of the molecule is Cc1cc(C)c(C(=O)N[C@@H](C)C(=O)O)c(C)c1. The molecule has 0 aromatic heterocycles. The summed E-state index contributed by atoms with van der Waals surface area (Å²) >= 11 is 0. The first-order valence-corrected chi connectivity index (χ1v) is 5.44. The molecule has 1 aromatic rings. The van der Waals surface area contributed by atoms with Crippen LogP contribution < -0.4 is 5.32 Å². The van der Waals surface area contributed by atoms with Gasteiger partial charge in [-0.15, -0.1) is 0 Å². The number of carbonyl (C=O) groups is 2. The highest BCUT2D eigenvalue weighted by Crippen LogP contribution is 2.16. The van der Waals surface area contributed by atoms with E-state index in [2.05, 4.69) is 5.32 Å². The number of hydrogen-bond acceptors (Lipinski definition) is 2. The molecule has 17 heavy (non-hydrogen) atoms. The Morgan fingerprint density at radius 3 is 2.06 bits per heavy atom. The van der Waals surface area contributed by atoms with E-state index < -0.39 is 12.0 Å². The Labute approximate surface area is 101 Å². The highest BCUT2D eigenvalue weighted by atomic mass is 16.4. The maximum Gasteiger partial charge on any atom is 0.325 e. The van der Waals surface area contributed by atoms with Crippen molar-refractivity contribution in [2.24, 2.45) is 0 Å². The number of amides is 1. The Hall–Kier alpha value is -1.84. The molecule has 0 fully saturated rings. The van der Waals surface area contributed by atoms with Gasteiger partial charge in [-0.1, -0.05) is 17.7 Å². The number of aliphatic carboxylic acids is 1. The topological polar surface area (TPSA) is 66.4 Å².